The highest BCUT2D eigenvalue weighted by Gasteiger charge is 2.37. The molecule has 0 saturated heterocycles. The van der Waals surface area contributed by atoms with Crippen molar-refractivity contribution < 1.29 is 18.3 Å². The smallest absolute Gasteiger partial charge is 0.303 e. The van der Waals surface area contributed by atoms with Crippen LogP contribution in [0.25, 0.3) is 0 Å². The van der Waals surface area contributed by atoms with Crippen molar-refractivity contribution in [1.82, 2.24) is 0 Å². The monoisotopic (exact) mass is 332 g/mol. The van der Waals surface area contributed by atoms with Crippen molar-refractivity contribution in [3.05, 3.63) is 65.7 Å². The standard InChI is InChI=1S/C18H20O4S/c1-18(2,23(21,22)16-6-4-3-5-7-16)15-11-8-14(9-12-15)10-13-17(19)20/h3-9,11-12H,10,13H2,1-2H3,(H,19,20). The lowest BCUT2D eigenvalue weighted by atomic mass is 9.99. The Morgan fingerprint density at radius 1 is 1.00 bits per heavy atom. The summed E-state index contributed by atoms with van der Waals surface area (Å²) in [7, 11) is -3.52. The van der Waals surface area contributed by atoms with Crippen LogP contribution in [-0.2, 0) is 25.8 Å². The van der Waals surface area contributed by atoms with Gasteiger partial charge in [-0.15, -0.1) is 0 Å². The van der Waals surface area contributed by atoms with E-state index in [1.165, 1.54) is 0 Å². The van der Waals surface area contributed by atoms with Crippen molar-refractivity contribution in [2.24, 2.45) is 0 Å². The van der Waals surface area contributed by atoms with Crippen LogP contribution in [0.4, 0.5) is 0 Å². The fraction of sp³-hybridized carbons (Fsp3) is 0.278. The van der Waals surface area contributed by atoms with Gasteiger partial charge in [0.05, 0.1) is 9.64 Å². The molecule has 0 bridgehead atoms. The minimum absolute atomic E-state index is 0.0606. The molecule has 1 N–H and O–H groups in total. The summed E-state index contributed by atoms with van der Waals surface area (Å²) in [6.45, 7) is 3.36. The van der Waals surface area contributed by atoms with E-state index in [1.54, 1.807) is 68.4 Å². The van der Waals surface area contributed by atoms with Gasteiger partial charge in [0.1, 0.15) is 0 Å². The largest absolute Gasteiger partial charge is 0.481 e. The summed E-state index contributed by atoms with van der Waals surface area (Å²) in [5, 5.41) is 8.71. The maximum atomic E-state index is 12.9. The molecular formula is C18H20O4S. The second-order valence-electron chi connectivity index (χ2n) is 5.92. The number of carboxylic acid groups (broad SMARTS) is 1. The number of carboxylic acids is 1. The molecule has 4 nitrogen and oxygen atoms in total. The van der Waals surface area contributed by atoms with Crippen LogP contribution in [-0.4, -0.2) is 19.5 Å². The van der Waals surface area contributed by atoms with Crippen molar-refractivity contribution in [1.29, 1.82) is 0 Å². The van der Waals surface area contributed by atoms with Gasteiger partial charge < -0.3 is 5.11 Å². The Balaban J connectivity index is 2.31. The second kappa shape index (κ2) is 6.54. The third kappa shape index (κ3) is 3.62. The van der Waals surface area contributed by atoms with Crippen LogP contribution in [0.1, 0.15) is 31.4 Å². The summed E-state index contributed by atoms with van der Waals surface area (Å²) in [4.78, 5) is 10.9. The summed E-state index contributed by atoms with van der Waals surface area (Å²) < 4.78 is 24.7. The Kier molecular flexibility index (Phi) is 4.90. The maximum Gasteiger partial charge on any atom is 0.303 e. The lowest BCUT2D eigenvalue weighted by Crippen LogP contribution is -2.29. The molecule has 2 aromatic carbocycles. The Hall–Kier alpha value is -2.14. The van der Waals surface area contributed by atoms with Crippen molar-refractivity contribution >= 4 is 15.8 Å². The Morgan fingerprint density at radius 3 is 2.09 bits per heavy atom. The molecule has 5 heteroatoms. The van der Waals surface area contributed by atoms with E-state index in [1.807, 2.05) is 0 Å². The summed E-state index contributed by atoms with van der Waals surface area (Å²) in [6, 6.07) is 15.5. The van der Waals surface area contributed by atoms with Crippen LogP contribution in [0.3, 0.4) is 0 Å². The van der Waals surface area contributed by atoms with Crippen LogP contribution < -0.4 is 0 Å². The van der Waals surface area contributed by atoms with Gasteiger partial charge in [-0.2, -0.15) is 0 Å². The average Bonchev–Trinajstić information content (AvgIpc) is 2.54. The fourth-order valence-electron chi connectivity index (χ4n) is 2.37. The molecule has 0 saturated carbocycles. The SMILES string of the molecule is CC(C)(c1ccc(CCC(=O)O)cc1)S(=O)(=O)c1ccccc1. The molecule has 0 aliphatic carbocycles. The van der Waals surface area contributed by atoms with Gasteiger partial charge in [0.15, 0.2) is 9.84 Å². The lowest BCUT2D eigenvalue weighted by molar-refractivity contribution is -0.136. The summed E-state index contributed by atoms with van der Waals surface area (Å²) in [5.41, 5.74) is 1.56. The summed E-state index contributed by atoms with van der Waals surface area (Å²) in [6.07, 6.45) is 0.493. The van der Waals surface area contributed by atoms with Gasteiger partial charge in [-0.05, 0) is 43.5 Å². The number of hydrogen-bond acceptors (Lipinski definition) is 3. The van der Waals surface area contributed by atoms with Crippen LogP contribution in [0.15, 0.2) is 59.5 Å². The van der Waals surface area contributed by atoms with E-state index >= 15 is 0 Å². The van der Waals surface area contributed by atoms with E-state index in [9.17, 15) is 13.2 Å². The van der Waals surface area contributed by atoms with Crippen molar-refractivity contribution in [2.75, 3.05) is 0 Å². The first kappa shape index (κ1) is 17.2. The molecule has 0 fully saturated rings. The molecule has 2 aromatic rings. The Morgan fingerprint density at radius 2 is 1.57 bits per heavy atom. The predicted molar refractivity (Wildman–Crippen MR) is 89.1 cm³/mol. The minimum Gasteiger partial charge on any atom is -0.481 e. The van der Waals surface area contributed by atoms with Crippen molar-refractivity contribution in [2.45, 2.75) is 36.3 Å². The quantitative estimate of drug-likeness (QED) is 0.880. The first-order valence-corrected chi connectivity index (χ1v) is 8.84. The zero-order valence-electron chi connectivity index (χ0n) is 13.2. The van der Waals surface area contributed by atoms with Gasteiger partial charge in [-0.3, -0.25) is 4.79 Å². The zero-order chi connectivity index (χ0) is 17.1. The molecule has 0 aromatic heterocycles. The Bertz CT molecular complexity index is 776. The fourth-order valence-corrected chi connectivity index (χ4v) is 3.92. The zero-order valence-corrected chi connectivity index (χ0v) is 14.0. The average molecular weight is 332 g/mol. The number of hydrogen-bond donors (Lipinski definition) is 1. The molecule has 122 valence electrons. The van der Waals surface area contributed by atoms with E-state index in [-0.39, 0.29) is 6.42 Å². The number of sulfone groups is 1. The maximum absolute atomic E-state index is 12.9. The van der Waals surface area contributed by atoms with Gasteiger partial charge in [0.2, 0.25) is 0 Å². The third-order valence-electron chi connectivity index (χ3n) is 4.00. The van der Waals surface area contributed by atoms with Crippen LogP contribution >= 0.6 is 0 Å². The van der Waals surface area contributed by atoms with Gasteiger partial charge in [-0.25, -0.2) is 8.42 Å². The van der Waals surface area contributed by atoms with Crippen molar-refractivity contribution in [3.8, 4) is 0 Å². The highest BCUT2D eigenvalue weighted by molar-refractivity contribution is 7.92. The summed E-state index contributed by atoms with van der Waals surface area (Å²) >= 11 is 0. The summed E-state index contributed by atoms with van der Waals surface area (Å²) in [5.74, 6) is -0.846. The molecule has 0 heterocycles. The highest BCUT2D eigenvalue weighted by atomic mass is 32.2. The first-order chi connectivity index (χ1) is 10.7. The molecule has 0 aliphatic heterocycles. The number of rotatable bonds is 6. The van der Waals surface area contributed by atoms with Gasteiger partial charge in [0.25, 0.3) is 0 Å². The normalized spacial score (nSPS) is 12.1. The highest BCUT2D eigenvalue weighted by Crippen LogP contribution is 2.34. The molecule has 23 heavy (non-hydrogen) atoms. The molecule has 0 aliphatic rings. The van der Waals surface area contributed by atoms with E-state index in [2.05, 4.69) is 0 Å². The molecule has 0 radical (unpaired) electrons. The number of carbonyl (C=O) groups is 1. The molecule has 2 rings (SSSR count). The first-order valence-electron chi connectivity index (χ1n) is 7.36. The minimum atomic E-state index is -3.52. The second-order valence-corrected chi connectivity index (χ2v) is 8.42. The topological polar surface area (TPSA) is 71.4 Å². The molecular weight excluding hydrogens is 312 g/mol. The van der Waals surface area contributed by atoms with E-state index in [4.69, 9.17) is 5.11 Å². The van der Waals surface area contributed by atoms with Gasteiger partial charge >= 0.3 is 5.97 Å². The van der Waals surface area contributed by atoms with Gasteiger partial charge in [0, 0.05) is 6.42 Å². The van der Waals surface area contributed by atoms with Crippen LogP contribution in [0, 0.1) is 0 Å². The van der Waals surface area contributed by atoms with E-state index in [0.717, 1.165) is 5.56 Å². The molecule has 0 amide bonds. The van der Waals surface area contributed by atoms with E-state index < -0.39 is 20.6 Å². The number of benzene rings is 2. The van der Waals surface area contributed by atoms with Crippen molar-refractivity contribution in [3.63, 3.8) is 0 Å². The Labute approximate surface area is 136 Å². The third-order valence-corrected chi connectivity index (χ3v) is 6.47. The molecule has 0 atom stereocenters. The molecule has 0 unspecified atom stereocenters. The van der Waals surface area contributed by atoms with E-state index in [0.29, 0.717) is 16.9 Å². The van der Waals surface area contributed by atoms with Crippen LogP contribution in [0.2, 0.25) is 0 Å². The van der Waals surface area contributed by atoms with Gasteiger partial charge in [-0.1, -0.05) is 42.5 Å². The number of aliphatic carboxylic acids is 1. The molecule has 0 spiro atoms. The predicted octanol–water partition coefficient (Wildman–Crippen LogP) is 3.41. The lowest BCUT2D eigenvalue weighted by Gasteiger charge is -2.25. The van der Waals surface area contributed by atoms with Crippen LogP contribution in [0.5, 0.6) is 0 Å². The number of aryl methyl sites for hydroxylation is 1.